The summed E-state index contributed by atoms with van der Waals surface area (Å²) in [5.74, 6) is -2.00. The van der Waals surface area contributed by atoms with Crippen molar-refractivity contribution in [2.24, 2.45) is 5.73 Å². The van der Waals surface area contributed by atoms with Gasteiger partial charge < -0.3 is 26.6 Å². The maximum atomic E-state index is 12.1. The van der Waals surface area contributed by atoms with E-state index in [9.17, 15) is 14.4 Å². The molecule has 1 aromatic rings. The zero-order chi connectivity index (χ0) is 15.8. The van der Waals surface area contributed by atoms with Gasteiger partial charge in [0.15, 0.2) is 0 Å². The minimum atomic E-state index is -1.27. The molecular weight excluding hydrogens is 278 g/mol. The number of urea groups is 1. The number of hydrogen-bond donors (Lipinski definition) is 5. The summed E-state index contributed by atoms with van der Waals surface area (Å²) in [6.45, 7) is -0.392. The number of hydrogen-bond acceptors (Lipinski definition) is 4. The van der Waals surface area contributed by atoms with Crippen molar-refractivity contribution in [2.75, 3.05) is 6.61 Å². The Bertz CT molecular complexity index is 506. The zero-order valence-electron chi connectivity index (χ0n) is 11.2. The van der Waals surface area contributed by atoms with E-state index >= 15 is 0 Å². The average molecular weight is 295 g/mol. The van der Waals surface area contributed by atoms with Crippen LogP contribution >= 0.6 is 0 Å². The Balaban J connectivity index is 2.90. The summed E-state index contributed by atoms with van der Waals surface area (Å²) in [5, 5.41) is 22.3. The number of rotatable bonds is 7. The topological polar surface area (TPSA) is 142 Å². The van der Waals surface area contributed by atoms with Crippen molar-refractivity contribution in [3.63, 3.8) is 0 Å². The molecule has 0 aliphatic rings. The lowest BCUT2D eigenvalue weighted by atomic mass is 10.1. The van der Waals surface area contributed by atoms with E-state index in [0.29, 0.717) is 5.56 Å². The maximum Gasteiger partial charge on any atom is 0.326 e. The van der Waals surface area contributed by atoms with Gasteiger partial charge in [-0.15, -0.1) is 0 Å². The highest BCUT2D eigenvalue weighted by molar-refractivity contribution is 5.90. The molecule has 21 heavy (non-hydrogen) atoms. The summed E-state index contributed by atoms with van der Waals surface area (Å²) in [6.07, 6.45) is -0.140. The largest absolute Gasteiger partial charge is 0.480 e. The Kier molecular flexibility index (Phi) is 6.15. The molecule has 0 aliphatic carbocycles. The third-order valence-corrected chi connectivity index (χ3v) is 2.71. The summed E-state index contributed by atoms with van der Waals surface area (Å²) in [4.78, 5) is 34.1. The molecule has 114 valence electrons. The molecular formula is C13H17N3O5. The maximum absolute atomic E-state index is 12.1. The van der Waals surface area contributed by atoms with E-state index in [1.165, 1.54) is 0 Å². The van der Waals surface area contributed by atoms with Gasteiger partial charge in [-0.3, -0.25) is 4.79 Å². The Morgan fingerprint density at radius 3 is 2.24 bits per heavy atom. The van der Waals surface area contributed by atoms with Crippen LogP contribution in [0.4, 0.5) is 4.79 Å². The molecule has 0 aromatic heterocycles. The number of nitrogens with two attached hydrogens (primary N) is 1. The second kappa shape index (κ2) is 7.85. The van der Waals surface area contributed by atoms with Crippen LogP contribution in [0.2, 0.25) is 0 Å². The van der Waals surface area contributed by atoms with Crippen molar-refractivity contribution in [3.05, 3.63) is 35.9 Å². The summed E-state index contributed by atoms with van der Waals surface area (Å²) in [6, 6.07) is 5.00. The molecule has 0 heterocycles. The van der Waals surface area contributed by atoms with Crippen LogP contribution in [0.15, 0.2) is 30.3 Å². The molecule has 0 radical (unpaired) electrons. The van der Waals surface area contributed by atoms with E-state index in [0.717, 1.165) is 0 Å². The standard InChI is InChI=1S/C13H17N3O5/c14-13(21)16-10(8-4-2-1-3-5-8)11(18)15-9(6-7-17)12(19)20/h1-5,9-10,17H,6-7H2,(H,15,18)(H,19,20)(H3,14,16,21). The summed E-state index contributed by atoms with van der Waals surface area (Å²) < 4.78 is 0. The van der Waals surface area contributed by atoms with E-state index in [1.54, 1.807) is 30.3 Å². The number of carboxylic acids is 1. The third kappa shape index (κ3) is 5.11. The number of aliphatic carboxylic acids is 1. The fourth-order valence-corrected chi connectivity index (χ4v) is 1.73. The van der Waals surface area contributed by atoms with Gasteiger partial charge in [0.2, 0.25) is 5.91 Å². The van der Waals surface area contributed by atoms with Gasteiger partial charge in [0.05, 0.1) is 0 Å². The monoisotopic (exact) mass is 295 g/mol. The third-order valence-electron chi connectivity index (χ3n) is 2.71. The Morgan fingerprint density at radius 1 is 1.14 bits per heavy atom. The molecule has 8 heteroatoms. The molecule has 3 amide bonds. The van der Waals surface area contributed by atoms with Crippen LogP contribution in [0.3, 0.4) is 0 Å². The van der Waals surface area contributed by atoms with Gasteiger partial charge in [-0.2, -0.15) is 0 Å². The predicted octanol–water partition coefficient (Wildman–Crippen LogP) is -0.652. The van der Waals surface area contributed by atoms with Crippen molar-refractivity contribution < 1.29 is 24.6 Å². The number of aliphatic hydroxyl groups excluding tert-OH is 1. The van der Waals surface area contributed by atoms with E-state index in [4.69, 9.17) is 15.9 Å². The minimum absolute atomic E-state index is 0.140. The molecule has 1 rings (SSSR count). The second-order valence-electron chi connectivity index (χ2n) is 4.26. The first-order valence-corrected chi connectivity index (χ1v) is 6.20. The number of benzene rings is 1. The van der Waals surface area contributed by atoms with Crippen molar-refractivity contribution in [3.8, 4) is 0 Å². The summed E-state index contributed by atoms with van der Waals surface area (Å²) >= 11 is 0. The Morgan fingerprint density at radius 2 is 1.76 bits per heavy atom. The average Bonchev–Trinajstić information content (AvgIpc) is 2.44. The van der Waals surface area contributed by atoms with Crippen molar-refractivity contribution in [1.82, 2.24) is 10.6 Å². The van der Waals surface area contributed by atoms with Crippen LogP contribution in [-0.4, -0.2) is 40.8 Å². The van der Waals surface area contributed by atoms with Gasteiger partial charge in [0.25, 0.3) is 0 Å². The lowest BCUT2D eigenvalue weighted by Gasteiger charge is -2.20. The fraction of sp³-hybridized carbons (Fsp3) is 0.308. The zero-order valence-corrected chi connectivity index (χ0v) is 11.2. The lowest BCUT2D eigenvalue weighted by Crippen LogP contribution is -2.48. The van der Waals surface area contributed by atoms with Crippen LogP contribution in [0.25, 0.3) is 0 Å². The smallest absolute Gasteiger partial charge is 0.326 e. The Labute approximate surface area is 120 Å². The van der Waals surface area contributed by atoms with Crippen molar-refractivity contribution >= 4 is 17.9 Å². The highest BCUT2D eigenvalue weighted by Gasteiger charge is 2.26. The van der Waals surface area contributed by atoms with Crippen LogP contribution < -0.4 is 16.4 Å². The van der Waals surface area contributed by atoms with Crippen LogP contribution in [0.1, 0.15) is 18.0 Å². The molecule has 8 nitrogen and oxygen atoms in total. The van der Waals surface area contributed by atoms with Gasteiger partial charge in [0, 0.05) is 13.0 Å². The molecule has 2 atom stereocenters. The van der Waals surface area contributed by atoms with Crippen LogP contribution in [0, 0.1) is 0 Å². The highest BCUT2D eigenvalue weighted by Crippen LogP contribution is 2.13. The van der Waals surface area contributed by atoms with Crippen LogP contribution in [0.5, 0.6) is 0 Å². The summed E-state index contributed by atoms with van der Waals surface area (Å²) in [7, 11) is 0. The number of primary amides is 1. The fourth-order valence-electron chi connectivity index (χ4n) is 1.73. The molecule has 0 saturated carbocycles. The molecule has 0 spiro atoms. The normalized spacial score (nSPS) is 13.0. The summed E-state index contributed by atoms with van der Waals surface area (Å²) in [5.41, 5.74) is 5.49. The quantitative estimate of drug-likeness (QED) is 0.454. The number of aliphatic hydroxyl groups is 1. The van der Waals surface area contributed by atoms with E-state index in [2.05, 4.69) is 10.6 Å². The number of carbonyl (C=O) groups excluding carboxylic acids is 2. The molecule has 0 aliphatic heterocycles. The van der Waals surface area contributed by atoms with Crippen molar-refractivity contribution in [2.45, 2.75) is 18.5 Å². The van der Waals surface area contributed by atoms with Crippen LogP contribution in [-0.2, 0) is 9.59 Å². The first kappa shape index (κ1) is 16.4. The predicted molar refractivity (Wildman–Crippen MR) is 73.2 cm³/mol. The molecule has 0 saturated heterocycles. The van der Waals surface area contributed by atoms with E-state index < -0.39 is 36.6 Å². The number of amides is 3. The second-order valence-corrected chi connectivity index (χ2v) is 4.26. The van der Waals surface area contributed by atoms with E-state index in [1.807, 2.05) is 0 Å². The van der Waals surface area contributed by atoms with E-state index in [-0.39, 0.29) is 6.42 Å². The number of nitrogens with one attached hydrogen (secondary N) is 2. The first-order chi connectivity index (χ1) is 9.95. The first-order valence-electron chi connectivity index (χ1n) is 6.20. The van der Waals surface area contributed by atoms with Gasteiger partial charge >= 0.3 is 12.0 Å². The van der Waals surface area contributed by atoms with Gasteiger partial charge in [0.1, 0.15) is 12.1 Å². The highest BCUT2D eigenvalue weighted by atomic mass is 16.4. The van der Waals surface area contributed by atoms with Gasteiger partial charge in [-0.05, 0) is 5.56 Å². The lowest BCUT2D eigenvalue weighted by molar-refractivity contribution is -0.142. The molecule has 0 bridgehead atoms. The Hall–Kier alpha value is -2.61. The van der Waals surface area contributed by atoms with Crippen molar-refractivity contribution in [1.29, 1.82) is 0 Å². The number of carbonyl (C=O) groups is 3. The van der Waals surface area contributed by atoms with Gasteiger partial charge in [-0.1, -0.05) is 30.3 Å². The minimum Gasteiger partial charge on any atom is -0.480 e. The van der Waals surface area contributed by atoms with Gasteiger partial charge in [-0.25, -0.2) is 9.59 Å². The molecule has 0 fully saturated rings. The number of carboxylic acid groups (broad SMARTS) is 1. The molecule has 6 N–H and O–H groups in total. The molecule has 2 unspecified atom stereocenters. The SMILES string of the molecule is NC(=O)NC(C(=O)NC(CCO)C(=O)O)c1ccccc1. The molecule has 1 aromatic carbocycles.